The summed E-state index contributed by atoms with van der Waals surface area (Å²) >= 11 is 0. The van der Waals surface area contributed by atoms with Gasteiger partial charge < -0.3 is 10.4 Å². The largest absolute Gasteiger partial charge is 0.478 e. The van der Waals surface area contributed by atoms with E-state index < -0.39 is 17.7 Å². The molecule has 0 spiro atoms. The number of hydrogen-bond acceptors (Lipinski definition) is 3. The first kappa shape index (κ1) is 14.8. The van der Waals surface area contributed by atoms with Crippen molar-refractivity contribution in [2.24, 2.45) is 0 Å². The number of aromatic nitrogens is 1. The van der Waals surface area contributed by atoms with E-state index >= 15 is 0 Å². The van der Waals surface area contributed by atoms with Crippen LogP contribution in [0, 0.1) is 0 Å². The minimum atomic E-state index is -4.35. The minimum absolute atomic E-state index is 0.0771. The molecule has 0 atom stereocenters. The van der Waals surface area contributed by atoms with E-state index in [0.717, 1.165) is 12.1 Å². The fourth-order valence-corrected chi connectivity index (χ4v) is 1.63. The summed E-state index contributed by atoms with van der Waals surface area (Å²) in [6, 6.07) is 7.59. The molecule has 1 aromatic carbocycles. The quantitative estimate of drug-likeness (QED) is 0.907. The summed E-state index contributed by atoms with van der Waals surface area (Å²) in [7, 11) is 0. The van der Waals surface area contributed by atoms with Crippen molar-refractivity contribution in [1.82, 2.24) is 4.98 Å². The number of carbonyl (C=O) groups is 1. The van der Waals surface area contributed by atoms with Gasteiger partial charge in [-0.2, -0.15) is 13.2 Å². The molecule has 1 heterocycles. The highest BCUT2D eigenvalue weighted by Crippen LogP contribution is 2.29. The number of pyridine rings is 1. The van der Waals surface area contributed by atoms with Gasteiger partial charge in [0.1, 0.15) is 0 Å². The van der Waals surface area contributed by atoms with Crippen LogP contribution in [0.5, 0.6) is 0 Å². The first-order valence-electron chi connectivity index (χ1n) is 5.95. The lowest BCUT2D eigenvalue weighted by molar-refractivity contribution is -0.137. The molecule has 2 aromatic rings. The Morgan fingerprint density at radius 1 is 1.14 bits per heavy atom. The van der Waals surface area contributed by atoms with Gasteiger partial charge >= 0.3 is 12.1 Å². The molecule has 0 saturated heterocycles. The zero-order valence-electron chi connectivity index (χ0n) is 10.7. The molecule has 7 heteroatoms. The minimum Gasteiger partial charge on any atom is -0.478 e. The number of nitrogens with zero attached hydrogens (tertiary/aromatic N) is 1. The van der Waals surface area contributed by atoms with Crippen molar-refractivity contribution in [3.05, 3.63) is 59.4 Å². The highest BCUT2D eigenvalue weighted by Gasteiger charge is 2.29. The van der Waals surface area contributed by atoms with Crippen molar-refractivity contribution < 1.29 is 23.1 Å². The Morgan fingerprint density at radius 3 is 2.29 bits per heavy atom. The predicted molar refractivity (Wildman–Crippen MR) is 70.0 cm³/mol. The Bertz CT molecular complexity index is 622. The number of rotatable bonds is 4. The van der Waals surface area contributed by atoms with Crippen molar-refractivity contribution in [2.45, 2.75) is 12.7 Å². The van der Waals surface area contributed by atoms with Crippen molar-refractivity contribution in [2.75, 3.05) is 5.32 Å². The molecule has 4 nitrogen and oxygen atoms in total. The Balaban J connectivity index is 1.98. The molecule has 0 amide bonds. The molecule has 0 radical (unpaired) electrons. The van der Waals surface area contributed by atoms with E-state index in [9.17, 15) is 18.0 Å². The highest BCUT2D eigenvalue weighted by molar-refractivity contribution is 5.87. The third kappa shape index (κ3) is 3.95. The van der Waals surface area contributed by atoms with E-state index in [-0.39, 0.29) is 12.1 Å². The van der Waals surface area contributed by atoms with Gasteiger partial charge in [0.05, 0.1) is 23.4 Å². The normalized spacial score (nSPS) is 11.2. The molecule has 0 aliphatic rings. The van der Waals surface area contributed by atoms with E-state index in [1.165, 1.54) is 24.4 Å². The van der Waals surface area contributed by atoms with E-state index in [0.29, 0.717) is 11.4 Å². The molecule has 0 unspecified atom stereocenters. The average Bonchev–Trinajstić information content (AvgIpc) is 2.45. The molecule has 0 aliphatic heterocycles. The van der Waals surface area contributed by atoms with Crippen LogP contribution in [0.4, 0.5) is 18.9 Å². The van der Waals surface area contributed by atoms with Gasteiger partial charge in [-0.15, -0.1) is 0 Å². The smallest absolute Gasteiger partial charge is 0.416 e. The number of carboxylic acid groups (broad SMARTS) is 1. The monoisotopic (exact) mass is 296 g/mol. The lowest BCUT2D eigenvalue weighted by Gasteiger charge is -2.09. The lowest BCUT2D eigenvalue weighted by atomic mass is 10.2. The molecule has 2 rings (SSSR count). The molecule has 0 bridgehead atoms. The second-order valence-corrected chi connectivity index (χ2v) is 4.27. The van der Waals surface area contributed by atoms with Gasteiger partial charge in [0.25, 0.3) is 0 Å². The second kappa shape index (κ2) is 5.82. The zero-order valence-corrected chi connectivity index (χ0v) is 10.7. The van der Waals surface area contributed by atoms with E-state index in [2.05, 4.69) is 10.3 Å². The highest BCUT2D eigenvalue weighted by atomic mass is 19.4. The summed E-state index contributed by atoms with van der Waals surface area (Å²) in [5, 5.41) is 11.6. The van der Waals surface area contributed by atoms with Crippen LogP contribution in [0.3, 0.4) is 0 Å². The second-order valence-electron chi connectivity index (χ2n) is 4.27. The van der Waals surface area contributed by atoms with Crippen molar-refractivity contribution in [3.63, 3.8) is 0 Å². The summed E-state index contributed by atoms with van der Waals surface area (Å²) in [5.41, 5.74) is 0.470. The molecule has 0 fully saturated rings. The Morgan fingerprint density at radius 2 is 1.81 bits per heavy atom. The molecule has 0 saturated carbocycles. The van der Waals surface area contributed by atoms with Crippen LogP contribution in [0.2, 0.25) is 0 Å². The Kier molecular flexibility index (Phi) is 4.11. The first-order chi connectivity index (χ1) is 9.86. The summed E-state index contributed by atoms with van der Waals surface area (Å²) in [4.78, 5) is 14.6. The van der Waals surface area contributed by atoms with Crippen molar-refractivity contribution >= 4 is 11.7 Å². The van der Waals surface area contributed by atoms with Crippen LogP contribution < -0.4 is 5.32 Å². The number of aromatic carboxylic acids is 1. The van der Waals surface area contributed by atoms with E-state index in [1.54, 1.807) is 6.07 Å². The number of alkyl halides is 3. The molecule has 21 heavy (non-hydrogen) atoms. The molecule has 110 valence electrons. The van der Waals surface area contributed by atoms with Crippen LogP contribution >= 0.6 is 0 Å². The van der Waals surface area contributed by atoms with Gasteiger partial charge in [-0.25, -0.2) is 4.79 Å². The van der Waals surface area contributed by atoms with E-state index in [1.807, 2.05) is 0 Å². The van der Waals surface area contributed by atoms with E-state index in [4.69, 9.17) is 5.11 Å². The van der Waals surface area contributed by atoms with Crippen LogP contribution in [0.1, 0.15) is 21.6 Å². The number of nitrogens with one attached hydrogen (secondary N) is 1. The fourth-order valence-electron chi connectivity index (χ4n) is 1.63. The molecular weight excluding hydrogens is 285 g/mol. The zero-order chi connectivity index (χ0) is 15.5. The standard InChI is InChI=1S/C14H11F3N2O2/c15-14(16,17)10-2-5-11(6-3-10)19-8-12-4-1-9(7-18-12)13(20)21/h1-7,19H,8H2,(H,20,21). The Labute approximate surface area is 118 Å². The van der Waals surface area contributed by atoms with Gasteiger partial charge in [0, 0.05) is 11.9 Å². The SMILES string of the molecule is O=C(O)c1ccc(CNc2ccc(C(F)(F)F)cc2)nc1. The maximum Gasteiger partial charge on any atom is 0.416 e. The average molecular weight is 296 g/mol. The van der Waals surface area contributed by atoms with Crippen molar-refractivity contribution in [3.8, 4) is 0 Å². The maximum atomic E-state index is 12.4. The van der Waals surface area contributed by atoms with Crippen LogP contribution in [-0.4, -0.2) is 16.1 Å². The van der Waals surface area contributed by atoms with Gasteiger partial charge in [-0.3, -0.25) is 4.98 Å². The van der Waals surface area contributed by atoms with Gasteiger partial charge in [0.15, 0.2) is 0 Å². The van der Waals surface area contributed by atoms with Gasteiger partial charge in [0.2, 0.25) is 0 Å². The number of carboxylic acids is 1. The third-order valence-corrected chi connectivity index (χ3v) is 2.76. The van der Waals surface area contributed by atoms with Crippen molar-refractivity contribution in [1.29, 1.82) is 0 Å². The number of halogens is 3. The molecular formula is C14H11F3N2O2. The van der Waals surface area contributed by atoms with Crippen LogP contribution in [0.25, 0.3) is 0 Å². The summed E-state index contributed by atoms with van der Waals surface area (Å²) in [6.45, 7) is 0.283. The van der Waals surface area contributed by atoms with Crippen LogP contribution in [-0.2, 0) is 12.7 Å². The first-order valence-corrected chi connectivity index (χ1v) is 5.95. The maximum absolute atomic E-state index is 12.4. The molecule has 1 aromatic heterocycles. The molecule has 2 N–H and O–H groups in total. The Hall–Kier alpha value is -2.57. The number of anilines is 1. The lowest BCUT2D eigenvalue weighted by Crippen LogP contribution is -2.06. The number of hydrogen-bond donors (Lipinski definition) is 2. The topological polar surface area (TPSA) is 62.2 Å². The van der Waals surface area contributed by atoms with Crippen LogP contribution in [0.15, 0.2) is 42.6 Å². The summed E-state index contributed by atoms with van der Waals surface area (Å²) < 4.78 is 37.2. The summed E-state index contributed by atoms with van der Waals surface area (Å²) in [6.07, 6.45) is -3.13. The molecule has 0 aliphatic carbocycles. The number of benzene rings is 1. The van der Waals surface area contributed by atoms with Gasteiger partial charge in [-0.05, 0) is 36.4 Å². The predicted octanol–water partition coefficient (Wildman–Crippen LogP) is 3.41. The van der Waals surface area contributed by atoms with Gasteiger partial charge in [-0.1, -0.05) is 0 Å². The third-order valence-electron chi connectivity index (χ3n) is 2.76. The fraction of sp³-hybridized carbons (Fsp3) is 0.143. The summed E-state index contributed by atoms with van der Waals surface area (Å²) in [5.74, 6) is -1.07.